The zero-order chi connectivity index (χ0) is 15.2. The number of amides is 1. The molecule has 0 unspecified atom stereocenters. The van der Waals surface area contributed by atoms with Crippen molar-refractivity contribution in [3.63, 3.8) is 0 Å². The lowest BCUT2D eigenvalue weighted by molar-refractivity contribution is -0.131. The summed E-state index contributed by atoms with van der Waals surface area (Å²) < 4.78 is 0. The van der Waals surface area contributed by atoms with Gasteiger partial charge in [-0.3, -0.25) is 9.78 Å². The molecule has 0 saturated carbocycles. The van der Waals surface area contributed by atoms with Gasteiger partial charge in [0.1, 0.15) is 5.69 Å². The number of carboxylic acids is 1. The normalized spacial score (nSPS) is 10.7. The number of aliphatic carboxylic acids is 1. The Balaban J connectivity index is 2.12. The van der Waals surface area contributed by atoms with Gasteiger partial charge in [0, 0.05) is 22.7 Å². The first-order chi connectivity index (χ1) is 10.1. The predicted octanol–water partition coefficient (Wildman–Crippen LogP) is 1.87. The van der Waals surface area contributed by atoms with Gasteiger partial charge in [0.25, 0.3) is 5.91 Å². The first kappa shape index (κ1) is 14.9. The van der Waals surface area contributed by atoms with Gasteiger partial charge in [-0.2, -0.15) is 0 Å². The van der Waals surface area contributed by atoms with E-state index in [1.165, 1.54) is 23.6 Å². The van der Waals surface area contributed by atoms with E-state index in [0.717, 1.165) is 16.6 Å². The van der Waals surface area contributed by atoms with Crippen LogP contribution in [0.2, 0.25) is 0 Å². The lowest BCUT2D eigenvalue weighted by Crippen LogP contribution is -2.24. The molecule has 2 aromatic rings. The molecule has 6 nitrogen and oxygen atoms in total. The van der Waals surface area contributed by atoms with E-state index < -0.39 is 5.97 Å². The van der Waals surface area contributed by atoms with Gasteiger partial charge in [-0.15, -0.1) is 11.3 Å². The van der Waals surface area contributed by atoms with Gasteiger partial charge in [-0.25, -0.2) is 9.78 Å². The van der Waals surface area contributed by atoms with Gasteiger partial charge in [0.2, 0.25) is 0 Å². The number of hydrogen-bond donors (Lipinski definition) is 2. The molecule has 2 aromatic heterocycles. The fourth-order valence-corrected chi connectivity index (χ4v) is 2.36. The second-order valence-electron chi connectivity index (χ2n) is 4.16. The summed E-state index contributed by atoms with van der Waals surface area (Å²) in [7, 11) is 0. The number of carbonyl (C=O) groups excluding carboxylic acids is 1. The van der Waals surface area contributed by atoms with E-state index in [2.05, 4.69) is 15.3 Å². The topological polar surface area (TPSA) is 92.2 Å². The molecule has 0 saturated heterocycles. The Labute approximate surface area is 125 Å². The Hall–Kier alpha value is -2.54. The molecular formula is C14H13N3O3S. The first-order valence-corrected chi connectivity index (χ1v) is 6.99. The Morgan fingerprint density at radius 3 is 2.90 bits per heavy atom. The second kappa shape index (κ2) is 6.76. The Kier molecular flexibility index (Phi) is 4.78. The monoisotopic (exact) mass is 303 g/mol. The molecule has 0 bridgehead atoms. The molecule has 0 radical (unpaired) electrons. The minimum atomic E-state index is -1.08. The van der Waals surface area contributed by atoms with Crippen LogP contribution in [0.5, 0.6) is 0 Å². The molecule has 0 aromatic carbocycles. The third-order valence-electron chi connectivity index (χ3n) is 2.71. The van der Waals surface area contributed by atoms with Crippen molar-refractivity contribution in [1.29, 1.82) is 0 Å². The Bertz CT molecular complexity index is 694. The highest BCUT2D eigenvalue weighted by Gasteiger charge is 2.12. The van der Waals surface area contributed by atoms with E-state index in [9.17, 15) is 9.59 Å². The van der Waals surface area contributed by atoms with E-state index >= 15 is 0 Å². The standard InChI is InChI=1S/C14H13N3O3S/c1-9-11(21-8-17-9)7-16-14(20)13-10(3-2-6-15-13)4-5-12(18)19/h2-6,8H,7H2,1H3,(H,16,20)(H,18,19)/b5-4+. The molecule has 0 spiro atoms. The van der Waals surface area contributed by atoms with E-state index in [4.69, 9.17) is 5.11 Å². The number of aryl methyl sites for hydroxylation is 1. The van der Waals surface area contributed by atoms with Crippen molar-refractivity contribution in [2.75, 3.05) is 0 Å². The summed E-state index contributed by atoms with van der Waals surface area (Å²) >= 11 is 1.47. The van der Waals surface area contributed by atoms with Gasteiger partial charge in [-0.1, -0.05) is 6.07 Å². The smallest absolute Gasteiger partial charge is 0.328 e. The third-order valence-corrected chi connectivity index (χ3v) is 3.65. The maximum atomic E-state index is 12.1. The molecule has 108 valence electrons. The number of pyridine rings is 1. The van der Waals surface area contributed by atoms with Crippen LogP contribution in [0.15, 0.2) is 29.9 Å². The van der Waals surface area contributed by atoms with Gasteiger partial charge in [0.05, 0.1) is 17.7 Å². The van der Waals surface area contributed by atoms with Crippen molar-refractivity contribution < 1.29 is 14.7 Å². The highest BCUT2D eigenvalue weighted by molar-refractivity contribution is 7.09. The highest BCUT2D eigenvalue weighted by atomic mass is 32.1. The van der Waals surface area contributed by atoms with Gasteiger partial charge >= 0.3 is 5.97 Å². The third kappa shape index (κ3) is 3.96. The molecule has 21 heavy (non-hydrogen) atoms. The molecule has 0 aliphatic rings. The number of hydrogen-bond acceptors (Lipinski definition) is 5. The second-order valence-corrected chi connectivity index (χ2v) is 5.10. The summed E-state index contributed by atoms with van der Waals surface area (Å²) in [5.74, 6) is -1.43. The first-order valence-electron chi connectivity index (χ1n) is 6.11. The van der Waals surface area contributed by atoms with Gasteiger partial charge in [0.15, 0.2) is 0 Å². The maximum absolute atomic E-state index is 12.1. The Morgan fingerprint density at radius 1 is 1.43 bits per heavy atom. The number of thiazole rings is 1. The lowest BCUT2D eigenvalue weighted by Gasteiger charge is -2.06. The SMILES string of the molecule is Cc1ncsc1CNC(=O)c1ncccc1/C=C/C(=O)O. The highest BCUT2D eigenvalue weighted by Crippen LogP contribution is 2.12. The molecule has 0 aliphatic carbocycles. The molecule has 2 rings (SSSR count). The summed E-state index contributed by atoms with van der Waals surface area (Å²) in [6, 6.07) is 3.28. The number of nitrogens with zero attached hydrogens (tertiary/aromatic N) is 2. The molecule has 1 amide bonds. The van der Waals surface area contributed by atoms with Crippen LogP contribution in [-0.2, 0) is 11.3 Å². The lowest BCUT2D eigenvalue weighted by atomic mass is 10.1. The quantitative estimate of drug-likeness (QED) is 0.823. The van der Waals surface area contributed by atoms with E-state index in [1.54, 1.807) is 17.6 Å². The molecule has 2 N–H and O–H groups in total. The zero-order valence-electron chi connectivity index (χ0n) is 11.2. The van der Waals surface area contributed by atoms with E-state index in [0.29, 0.717) is 12.1 Å². The van der Waals surface area contributed by atoms with Crippen molar-refractivity contribution in [2.45, 2.75) is 13.5 Å². The number of carboxylic acid groups (broad SMARTS) is 1. The van der Waals surface area contributed by atoms with E-state index in [-0.39, 0.29) is 11.6 Å². The summed E-state index contributed by atoms with van der Waals surface area (Å²) in [5, 5.41) is 11.4. The van der Waals surface area contributed by atoms with Crippen LogP contribution in [-0.4, -0.2) is 27.0 Å². The molecule has 0 aliphatic heterocycles. The van der Waals surface area contributed by atoms with Crippen molar-refractivity contribution in [2.24, 2.45) is 0 Å². The number of rotatable bonds is 5. The number of nitrogens with one attached hydrogen (secondary N) is 1. The molecule has 7 heteroatoms. The fourth-order valence-electron chi connectivity index (χ4n) is 1.64. The van der Waals surface area contributed by atoms with Crippen LogP contribution in [0, 0.1) is 6.92 Å². The average Bonchev–Trinajstić information content (AvgIpc) is 2.88. The van der Waals surface area contributed by atoms with Crippen LogP contribution in [0.3, 0.4) is 0 Å². The van der Waals surface area contributed by atoms with Crippen molar-refractivity contribution >= 4 is 29.3 Å². The maximum Gasteiger partial charge on any atom is 0.328 e. The molecular weight excluding hydrogens is 290 g/mol. The summed E-state index contributed by atoms with van der Waals surface area (Å²) in [6.45, 7) is 2.24. The number of carbonyl (C=O) groups is 2. The number of aromatic nitrogens is 2. The summed E-state index contributed by atoms with van der Waals surface area (Å²) in [4.78, 5) is 31.8. The molecule has 2 heterocycles. The van der Waals surface area contributed by atoms with E-state index in [1.807, 2.05) is 6.92 Å². The van der Waals surface area contributed by atoms with Crippen LogP contribution in [0.1, 0.15) is 26.6 Å². The Morgan fingerprint density at radius 2 is 2.24 bits per heavy atom. The average molecular weight is 303 g/mol. The summed E-state index contributed by atoms with van der Waals surface area (Å²) in [6.07, 6.45) is 3.81. The van der Waals surface area contributed by atoms with Gasteiger partial charge in [-0.05, 0) is 19.1 Å². The molecule has 0 fully saturated rings. The minimum Gasteiger partial charge on any atom is -0.478 e. The summed E-state index contributed by atoms with van der Waals surface area (Å²) in [5.41, 5.74) is 3.25. The van der Waals surface area contributed by atoms with Crippen molar-refractivity contribution in [3.05, 3.63) is 51.7 Å². The fraction of sp³-hybridized carbons (Fsp3) is 0.143. The van der Waals surface area contributed by atoms with Gasteiger partial charge < -0.3 is 10.4 Å². The van der Waals surface area contributed by atoms with Crippen LogP contribution < -0.4 is 5.32 Å². The van der Waals surface area contributed by atoms with Crippen LogP contribution in [0.4, 0.5) is 0 Å². The van der Waals surface area contributed by atoms with Crippen LogP contribution in [0.25, 0.3) is 6.08 Å². The largest absolute Gasteiger partial charge is 0.478 e. The predicted molar refractivity (Wildman–Crippen MR) is 78.9 cm³/mol. The zero-order valence-corrected chi connectivity index (χ0v) is 12.1. The van der Waals surface area contributed by atoms with Crippen LogP contribution >= 0.6 is 11.3 Å². The van der Waals surface area contributed by atoms with Crippen molar-refractivity contribution in [1.82, 2.24) is 15.3 Å². The minimum absolute atomic E-state index is 0.192. The molecule has 0 atom stereocenters. The van der Waals surface area contributed by atoms with Crippen molar-refractivity contribution in [3.8, 4) is 0 Å².